The normalized spacial score (nSPS) is 22.6. The zero-order chi connectivity index (χ0) is 21.8. The third-order valence-electron chi connectivity index (χ3n) is 6.98. The maximum Gasteiger partial charge on any atom is 0.228 e. The highest BCUT2D eigenvalue weighted by Gasteiger charge is 2.34. The van der Waals surface area contributed by atoms with Gasteiger partial charge < -0.3 is 9.47 Å². The molecule has 2 aliphatic rings. The molecule has 1 aromatic rings. The van der Waals surface area contributed by atoms with Crippen LogP contribution in [0.15, 0.2) is 36.3 Å². The monoisotopic (exact) mass is 409 g/mol. The molecular formula is C24H35N5O. The number of carbonyl (C=O) groups is 1. The lowest BCUT2D eigenvalue weighted by Crippen LogP contribution is -2.52. The van der Waals surface area contributed by atoms with E-state index in [9.17, 15) is 10.1 Å². The lowest BCUT2D eigenvalue weighted by molar-refractivity contribution is -0.143. The average Bonchev–Trinajstić information content (AvgIpc) is 3.21. The zero-order valence-corrected chi connectivity index (χ0v) is 18.9. The van der Waals surface area contributed by atoms with Crippen molar-refractivity contribution in [1.29, 1.82) is 5.26 Å². The molecule has 0 radical (unpaired) electrons. The first kappa shape index (κ1) is 22.3. The molecule has 30 heavy (non-hydrogen) atoms. The SMILES string of the molecule is CCC(C)(CC)C(=O)N1CCN(Cc2cncn2CC2=CCC(C)(C#N)C=C2)CC1. The van der Waals surface area contributed by atoms with Crippen LogP contribution < -0.4 is 0 Å². The van der Waals surface area contributed by atoms with Crippen LogP contribution in [-0.4, -0.2) is 51.4 Å². The summed E-state index contributed by atoms with van der Waals surface area (Å²) in [7, 11) is 0. The molecule has 1 amide bonds. The van der Waals surface area contributed by atoms with Crippen molar-refractivity contribution in [2.24, 2.45) is 10.8 Å². The Labute approximate surface area is 180 Å². The molecule has 162 valence electrons. The summed E-state index contributed by atoms with van der Waals surface area (Å²) >= 11 is 0. The molecule has 6 heteroatoms. The Morgan fingerprint density at radius 3 is 2.50 bits per heavy atom. The third kappa shape index (κ3) is 4.84. The fourth-order valence-electron chi connectivity index (χ4n) is 4.06. The molecule has 6 nitrogen and oxygen atoms in total. The highest BCUT2D eigenvalue weighted by Crippen LogP contribution is 2.30. The van der Waals surface area contributed by atoms with Gasteiger partial charge in [-0.25, -0.2) is 4.98 Å². The number of allylic oxidation sites excluding steroid dienone is 4. The van der Waals surface area contributed by atoms with E-state index in [-0.39, 0.29) is 10.8 Å². The lowest BCUT2D eigenvalue weighted by Gasteiger charge is -2.39. The van der Waals surface area contributed by atoms with Gasteiger partial charge in [0.05, 0.1) is 23.5 Å². The van der Waals surface area contributed by atoms with Gasteiger partial charge in [-0.15, -0.1) is 0 Å². The highest BCUT2D eigenvalue weighted by molar-refractivity contribution is 5.82. The standard InChI is InChI=1S/C24H35N5O/c1-5-24(4,6-2)22(30)28-13-11-27(12-14-28)17-21-15-26-19-29(21)16-20-7-9-23(3,18-25)10-8-20/h7-9,15,19H,5-6,10-14,16-17H2,1-4H3. The number of nitrogens with zero attached hydrogens (tertiary/aromatic N) is 5. The second kappa shape index (κ2) is 9.18. The molecule has 0 spiro atoms. The van der Waals surface area contributed by atoms with E-state index >= 15 is 0 Å². The summed E-state index contributed by atoms with van der Waals surface area (Å²) in [5.74, 6) is 0.303. The number of hydrogen-bond acceptors (Lipinski definition) is 4. The van der Waals surface area contributed by atoms with Gasteiger partial charge in [0.2, 0.25) is 5.91 Å². The summed E-state index contributed by atoms with van der Waals surface area (Å²) in [5.41, 5.74) is 1.79. The van der Waals surface area contributed by atoms with Crippen LogP contribution >= 0.6 is 0 Å². The average molecular weight is 410 g/mol. The molecule has 2 heterocycles. The molecule has 0 N–H and O–H groups in total. The summed E-state index contributed by atoms with van der Waals surface area (Å²) in [6.45, 7) is 13.3. The van der Waals surface area contributed by atoms with Crippen molar-refractivity contribution in [3.8, 4) is 6.07 Å². The van der Waals surface area contributed by atoms with E-state index in [1.54, 1.807) is 0 Å². The largest absolute Gasteiger partial charge is 0.340 e. The van der Waals surface area contributed by atoms with E-state index in [1.807, 2.05) is 30.4 Å². The van der Waals surface area contributed by atoms with E-state index in [4.69, 9.17) is 0 Å². The van der Waals surface area contributed by atoms with E-state index in [1.165, 1.54) is 11.3 Å². The van der Waals surface area contributed by atoms with Gasteiger partial charge in [-0.1, -0.05) is 39.0 Å². The predicted molar refractivity (Wildman–Crippen MR) is 118 cm³/mol. The molecule has 1 aliphatic carbocycles. The van der Waals surface area contributed by atoms with Crippen LogP contribution in [-0.2, 0) is 17.9 Å². The Hall–Kier alpha value is -2.39. The molecule has 0 aromatic carbocycles. The van der Waals surface area contributed by atoms with E-state index in [0.717, 1.165) is 58.5 Å². The Bertz CT molecular complexity index is 849. The van der Waals surface area contributed by atoms with Crippen molar-refractivity contribution in [2.45, 2.75) is 60.0 Å². The number of carbonyl (C=O) groups excluding carboxylic acids is 1. The van der Waals surface area contributed by atoms with Crippen LogP contribution in [0.2, 0.25) is 0 Å². The number of nitriles is 1. The topological polar surface area (TPSA) is 65.2 Å². The minimum atomic E-state index is -0.385. The Morgan fingerprint density at radius 2 is 1.93 bits per heavy atom. The van der Waals surface area contributed by atoms with Crippen LogP contribution in [0.25, 0.3) is 0 Å². The quantitative estimate of drug-likeness (QED) is 0.688. The molecule has 1 unspecified atom stereocenters. The molecular weight excluding hydrogens is 374 g/mol. The summed E-state index contributed by atoms with van der Waals surface area (Å²) < 4.78 is 2.19. The summed E-state index contributed by atoms with van der Waals surface area (Å²) in [6.07, 6.45) is 12.6. The van der Waals surface area contributed by atoms with Crippen LogP contribution in [0.1, 0.15) is 52.7 Å². The Kier molecular flexibility index (Phi) is 6.82. The van der Waals surface area contributed by atoms with Gasteiger partial charge in [0, 0.05) is 50.9 Å². The number of amides is 1. The van der Waals surface area contributed by atoms with Crippen molar-refractivity contribution in [1.82, 2.24) is 19.4 Å². The van der Waals surface area contributed by atoms with E-state index in [2.05, 4.69) is 53.4 Å². The number of aromatic nitrogens is 2. The van der Waals surface area contributed by atoms with Crippen molar-refractivity contribution >= 4 is 5.91 Å². The van der Waals surface area contributed by atoms with Crippen molar-refractivity contribution in [3.05, 3.63) is 42.0 Å². The van der Waals surface area contributed by atoms with Gasteiger partial charge in [0.25, 0.3) is 0 Å². The van der Waals surface area contributed by atoms with Gasteiger partial charge >= 0.3 is 0 Å². The Balaban J connectivity index is 1.55. The first-order chi connectivity index (χ1) is 14.3. The van der Waals surface area contributed by atoms with Crippen molar-refractivity contribution in [3.63, 3.8) is 0 Å². The fraction of sp³-hybridized carbons (Fsp3) is 0.625. The molecule has 3 rings (SSSR count). The van der Waals surface area contributed by atoms with Gasteiger partial charge in [0.15, 0.2) is 0 Å². The maximum atomic E-state index is 12.9. The van der Waals surface area contributed by atoms with E-state index < -0.39 is 0 Å². The zero-order valence-electron chi connectivity index (χ0n) is 18.9. The number of hydrogen-bond donors (Lipinski definition) is 0. The van der Waals surface area contributed by atoms with Crippen LogP contribution in [0.3, 0.4) is 0 Å². The van der Waals surface area contributed by atoms with E-state index in [0.29, 0.717) is 5.91 Å². The second-order valence-corrected chi connectivity index (χ2v) is 9.19. The maximum absolute atomic E-state index is 12.9. The van der Waals surface area contributed by atoms with Crippen LogP contribution in [0.4, 0.5) is 0 Å². The smallest absolute Gasteiger partial charge is 0.228 e. The number of rotatable bonds is 7. The third-order valence-corrected chi connectivity index (χ3v) is 6.98. The second-order valence-electron chi connectivity index (χ2n) is 9.19. The number of piperazine rings is 1. The minimum Gasteiger partial charge on any atom is -0.340 e. The van der Waals surface area contributed by atoms with Gasteiger partial charge in [-0.2, -0.15) is 5.26 Å². The molecule has 0 saturated carbocycles. The molecule has 1 aromatic heterocycles. The first-order valence-corrected chi connectivity index (χ1v) is 11.1. The summed E-state index contributed by atoms with van der Waals surface area (Å²) in [4.78, 5) is 21.7. The highest BCUT2D eigenvalue weighted by atomic mass is 16.2. The van der Waals surface area contributed by atoms with Gasteiger partial charge in [-0.3, -0.25) is 9.69 Å². The predicted octanol–water partition coefficient (Wildman–Crippen LogP) is 3.77. The van der Waals surface area contributed by atoms with Crippen LogP contribution in [0, 0.1) is 22.2 Å². The fourth-order valence-corrected chi connectivity index (χ4v) is 4.06. The first-order valence-electron chi connectivity index (χ1n) is 11.1. The Morgan fingerprint density at radius 1 is 1.23 bits per heavy atom. The molecule has 1 fully saturated rings. The number of imidazole rings is 1. The van der Waals surface area contributed by atoms with Gasteiger partial charge in [0.1, 0.15) is 0 Å². The summed E-state index contributed by atoms with van der Waals surface area (Å²) in [6, 6.07) is 2.37. The van der Waals surface area contributed by atoms with Crippen molar-refractivity contribution in [2.75, 3.05) is 26.2 Å². The minimum absolute atomic E-state index is 0.232. The van der Waals surface area contributed by atoms with Crippen LogP contribution in [0.5, 0.6) is 0 Å². The molecule has 1 atom stereocenters. The molecule has 0 bridgehead atoms. The summed E-state index contributed by atoms with van der Waals surface area (Å²) in [5, 5.41) is 9.27. The van der Waals surface area contributed by atoms with Gasteiger partial charge in [-0.05, 0) is 31.8 Å². The molecule has 1 saturated heterocycles. The lowest BCUT2D eigenvalue weighted by atomic mass is 9.83. The molecule has 1 aliphatic heterocycles. The van der Waals surface area contributed by atoms with Crippen molar-refractivity contribution < 1.29 is 4.79 Å².